The fourth-order valence-electron chi connectivity index (χ4n) is 2.41. The number of hydrogen-bond acceptors (Lipinski definition) is 5. The Hall–Kier alpha value is -2.52. The first kappa shape index (κ1) is 19.2. The monoisotopic (exact) mass is 474 g/mol. The lowest BCUT2D eigenvalue weighted by molar-refractivity contribution is 0.102. The molecule has 1 aromatic carbocycles. The number of aliphatic hydroxyl groups is 1. The highest BCUT2D eigenvalue weighted by atomic mass is 127. The highest BCUT2D eigenvalue weighted by Crippen LogP contribution is 2.27. The Labute approximate surface area is 171 Å². The van der Waals surface area contributed by atoms with Gasteiger partial charge in [-0.25, -0.2) is 4.98 Å². The summed E-state index contributed by atoms with van der Waals surface area (Å²) < 4.78 is 1.06. The predicted octanol–water partition coefficient (Wildman–Crippen LogP) is 3.79. The van der Waals surface area contributed by atoms with Gasteiger partial charge in [0.15, 0.2) is 0 Å². The summed E-state index contributed by atoms with van der Waals surface area (Å²) in [6.07, 6.45) is 2.78. The third-order valence-electron chi connectivity index (χ3n) is 3.77. The SMILES string of the molecule is C[C@@H](O)CNc1ccc(C(=O)Nc2ccc(I)c(-c3ccccn3)c2)cn1. The average molecular weight is 474 g/mol. The molecule has 2 heterocycles. The molecule has 0 aliphatic heterocycles. The summed E-state index contributed by atoms with van der Waals surface area (Å²) >= 11 is 2.25. The van der Waals surface area contributed by atoms with Gasteiger partial charge >= 0.3 is 0 Å². The maximum atomic E-state index is 12.5. The number of amides is 1. The molecule has 0 bridgehead atoms. The van der Waals surface area contributed by atoms with Gasteiger partial charge in [0.25, 0.3) is 5.91 Å². The Bertz CT molecular complexity index is 915. The minimum absolute atomic E-state index is 0.238. The lowest BCUT2D eigenvalue weighted by atomic mass is 10.1. The van der Waals surface area contributed by atoms with Crippen LogP contribution in [0.5, 0.6) is 0 Å². The van der Waals surface area contributed by atoms with Gasteiger partial charge in [-0.2, -0.15) is 0 Å². The van der Waals surface area contributed by atoms with E-state index in [9.17, 15) is 9.90 Å². The lowest BCUT2D eigenvalue weighted by Gasteiger charge is -2.10. The quantitative estimate of drug-likeness (QED) is 0.474. The molecule has 0 aliphatic carbocycles. The summed E-state index contributed by atoms with van der Waals surface area (Å²) in [6, 6.07) is 14.9. The first-order chi connectivity index (χ1) is 13.0. The van der Waals surface area contributed by atoms with Crippen LogP contribution in [0.15, 0.2) is 60.9 Å². The molecule has 0 radical (unpaired) electrons. The van der Waals surface area contributed by atoms with Crippen LogP contribution < -0.4 is 10.6 Å². The van der Waals surface area contributed by atoms with Gasteiger partial charge in [-0.15, -0.1) is 0 Å². The van der Waals surface area contributed by atoms with Crippen molar-refractivity contribution in [2.24, 2.45) is 0 Å². The topological polar surface area (TPSA) is 87.1 Å². The van der Waals surface area contributed by atoms with Gasteiger partial charge in [-0.05, 0) is 72.0 Å². The Morgan fingerprint density at radius 3 is 2.70 bits per heavy atom. The number of aliphatic hydroxyl groups excluding tert-OH is 1. The number of rotatable bonds is 6. The number of hydrogen-bond donors (Lipinski definition) is 3. The third kappa shape index (κ3) is 5.24. The van der Waals surface area contributed by atoms with E-state index in [0.717, 1.165) is 14.8 Å². The van der Waals surface area contributed by atoms with Crippen LogP contribution in [0.3, 0.4) is 0 Å². The van der Waals surface area contributed by atoms with Crippen molar-refractivity contribution in [1.82, 2.24) is 9.97 Å². The van der Waals surface area contributed by atoms with Gasteiger partial charge in [0, 0.05) is 33.8 Å². The largest absolute Gasteiger partial charge is 0.392 e. The van der Waals surface area contributed by atoms with E-state index in [-0.39, 0.29) is 5.91 Å². The number of carbonyl (C=O) groups excluding carboxylic acids is 1. The second-order valence-corrected chi connectivity index (χ2v) is 7.19. The van der Waals surface area contributed by atoms with Crippen LogP contribution in [0, 0.1) is 3.57 Å². The number of benzene rings is 1. The van der Waals surface area contributed by atoms with Crippen LogP contribution >= 0.6 is 22.6 Å². The Balaban J connectivity index is 1.72. The number of nitrogens with one attached hydrogen (secondary N) is 2. The summed E-state index contributed by atoms with van der Waals surface area (Å²) in [4.78, 5) is 21.1. The fourth-order valence-corrected chi connectivity index (χ4v) is 3.02. The molecule has 3 N–H and O–H groups in total. The number of pyridine rings is 2. The molecule has 0 unspecified atom stereocenters. The van der Waals surface area contributed by atoms with Crippen LogP contribution in [0.25, 0.3) is 11.3 Å². The van der Waals surface area contributed by atoms with Crippen molar-refractivity contribution >= 4 is 40.0 Å². The maximum absolute atomic E-state index is 12.5. The van der Waals surface area contributed by atoms with Gasteiger partial charge in [0.2, 0.25) is 0 Å². The number of halogens is 1. The van der Waals surface area contributed by atoms with E-state index >= 15 is 0 Å². The zero-order valence-electron chi connectivity index (χ0n) is 14.7. The molecular formula is C20H19IN4O2. The van der Waals surface area contributed by atoms with E-state index in [2.05, 4.69) is 43.2 Å². The maximum Gasteiger partial charge on any atom is 0.257 e. The molecule has 7 heteroatoms. The molecule has 27 heavy (non-hydrogen) atoms. The molecule has 1 amide bonds. The number of carbonyl (C=O) groups is 1. The van der Waals surface area contributed by atoms with Gasteiger partial charge in [-0.3, -0.25) is 9.78 Å². The first-order valence-corrected chi connectivity index (χ1v) is 9.51. The summed E-state index contributed by atoms with van der Waals surface area (Å²) in [5, 5.41) is 15.2. The summed E-state index contributed by atoms with van der Waals surface area (Å²) in [5.41, 5.74) is 2.96. The molecule has 0 saturated carbocycles. The molecule has 2 aromatic heterocycles. The third-order valence-corrected chi connectivity index (χ3v) is 4.71. The van der Waals surface area contributed by atoms with Gasteiger partial charge < -0.3 is 15.7 Å². The van der Waals surface area contributed by atoms with E-state index in [4.69, 9.17) is 0 Å². The molecule has 138 valence electrons. The van der Waals surface area contributed by atoms with Crippen molar-refractivity contribution in [3.05, 3.63) is 70.1 Å². The highest BCUT2D eigenvalue weighted by molar-refractivity contribution is 14.1. The minimum atomic E-state index is -0.469. The summed E-state index contributed by atoms with van der Waals surface area (Å²) in [7, 11) is 0. The van der Waals surface area contributed by atoms with Crippen molar-refractivity contribution in [1.29, 1.82) is 0 Å². The zero-order chi connectivity index (χ0) is 19.2. The standard InChI is InChI=1S/C20H19IN4O2/c1-13(26)11-23-19-8-5-14(12-24-19)20(27)25-15-6-7-17(21)16(10-15)18-4-2-3-9-22-18/h2-10,12-13,26H,11H2,1H3,(H,23,24)(H,25,27)/t13-/m1/s1. The number of nitrogens with zero attached hydrogens (tertiary/aromatic N) is 2. The summed E-state index contributed by atoms with van der Waals surface area (Å²) in [6.45, 7) is 2.09. The number of aromatic nitrogens is 2. The smallest absolute Gasteiger partial charge is 0.257 e. The Morgan fingerprint density at radius 1 is 1.19 bits per heavy atom. The molecule has 0 aliphatic rings. The van der Waals surface area contributed by atoms with Crippen LogP contribution in [0.4, 0.5) is 11.5 Å². The van der Waals surface area contributed by atoms with Crippen molar-refractivity contribution in [3.63, 3.8) is 0 Å². The lowest BCUT2D eigenvalue weighted by Crippen LogP contribution is -2.16. The molecule has 0 fully saturated rings. The van der Waals surface area contributed by atoms with Crippen molar-refractivity contribution in [2.75, 3.05) is 17.2 Å². The Morgan fingerprint density at radius 2 is 2.04 bits per heavy atom. The second kappa shape index (κ2) is 8.92. The number of anilines is 2. The highest BCUT2D eigenvalue weighted by Gasteiger charge is 2.10. The van der Waals surface area contributed by atoms with Crippen LogP contribution in [-0.4, -0.2) is 33.6 Å². The van der Waals surface area contributed by atoms with Crippen molar-refractivity contribution < 1.29 is 9.90 Å². The predicted molar refractivity (Wildman–Crippen MR) is 115 cm³/mol. The molecular weight excluding hydrogens is 455 g/mol. The Kier molecular flexibility index (Phi) is 6.36. The van der Waals surface area contributed by atoms with Gasteiger partial charge in [0.05, 0.1) is 17.4 Å². The average Bonchev–Trinajstić information content (AvgIpc) is 2.69. The van der Waals surface area contributed by atoms with Gasteiger partial charge in [0.1, 0.15) is 5.82 Å². The summed E-state index contributed by atoms with van der Waals surface area (Å²) in [5.74, 6) is 0.372. The van der Waals surface area contributed by atoms with Crippen molar-refractivity contribution in [3.8, 4) is 11.3 Å². The molecule has 3 aromatic rings. The van der Waals surface area contributed by atoms with Gasteiger partial charge in [-0.1, -0.05) is 6.07 Å². The molecule has 0 spiro atoms. The van der Waals surface area contributed by atoms with E-state index in [1.807, 2.05) is 36.4 Å². The zero-order valence-corrected chi connectivity index (χ0v) is 16.8. The van der Waals surface area contributed by atoms with E-state index < -0.39 is 6.10 Å². The van der Waals surface area contributed by atoms with Crippen LogP contribution in [-0.2, 0) is 0 Å². The van der Waals surface area contributed by atoms with Crippen LogP contribution in [0.2, 0.25) is 0 Å². The second-order valence-electron chi connectivity index (χ2n) is 6.03. The first-order valence-electron chi connectivity index (χ1n) is 8.43. The van der Waals surface area contributed by atoms with E-state index in [1.165, 1.54) is 6.20 Å². The minimum Gasteiger partial charge on any atom is -0.392 e. The van der Waals surface area contributed by atoms with Crippen LogP contribution in [0.1, 0.15) is 17.3 Å². The molecule has 1 atom stereocenters. The van der Waals surface area contributed by atoms with E-state index in [0.29, 0.717) is 23.6 Å². The molecule has 0 saturated heterocycles. The molecule has 3 rings (SSSR count). The van der Waals surface area contributed by atoms with Crippen molar-refractivity contribution in [2.45, 2.75) is 13.0 Å². The normalized spacial score (nSPS) is 11.7. The molecule has 6 nitrogen and oxygen atoms in total. The fraction of sp³-hybridized carbons (Fsp3) is 0.150. The van der Waals surface area contributed by atoms with E-state index in [1.54, 1.807) is 25.3 Å².